The Bertz CT molecular complexity index is 473. The second-order valence-electron chi connectivity index (χ2n) is 3.39. The van der Waals surface area contributed by atoms with Crippen molar-refractivity contribution >= 4 is 5.78 Å². The van der Waals surface area contributed by atoms with Gasteiger partial charge in [0.25, 0.3) is 5.43 Å². The molecular weight excluding hydrogens is 196 g/mol. The summed E-state index contributed by atoms with van der Waals surface area (Å²) in [7, 11) is 0. The van der Waals surface area contributed by atoms with Crippen molar-refractivity contribution < 1.29 is 9.53 Å². The van der Waals surface area contributed by atoms with E-state index >= 15 is 0 Å². The Balaban J connectivity index is 3.09. The molecule has 15 heavy (non-hydrogen) atoms. The van der Waals surface area contributed by atoms with E-state index in [1.165, 1.54) is 12.2 Å². The van der Waals surface area contributed by atoms with Crippen molar-refractivity contribution in [3.05, 3.63) is 38.2 Å². The molecule has 80 valence electrons. The maximum Gasteiger partial charge on any atom is 0.269 e. The lowest BCUT2D eigenvalue weighted by atomic mass is 10.0. The van der Waals surface area contributed by atoms with Crippen LogP contribution < -0.4 is 15.6 Å². The smallest absolute Gasteiger partial charge is 0.269 e. The predicted molar refractivity (Wildman–Crippen MR) is 56.3 cm³/mol. The third-order valence-corrected chi connectivity index (χ3v) is 1.78. The molecule has 0 aromatic heterocycles. The highest BCUT2D eigenvalue weighted by Gasteiger charge is 2.27. The number of hydrogen-bond acceptors (Lipinski definition) is 4. The molecule has 0 saturated heterocycles. The molecule has 0 fully saturated rings. The van der Waals surface area contributed by atoms with Crippen molar-refractivity contribution in [2.24, 2.45) is 0 Å². The van der Waals surface area contributed by atoms with Gasteiger partial charge in [0.05, 0.1) is 6.10 Å². The Kier molecular flexibility index (Phi) is 3.19. The van der Waals surface area contributed by atoms with E-state index in [-0.39, 0.29) is 17.4 Å². The summed E-state index contributed by atoms with van der Waals surface area (Å²) < 4.78 is 5.10. The van der Waals surface area contributed by atoms with Crippen molar-refractivity contribution in [1.82, 2.24) is 0 Å². The van der Waals surface area contributed by atoms with Gasteiger partial charge in [-0.05, 0) is 26.8 Å². The van der Waals surface area contributed by atoms with Gasteiger partial charge < -0.3 is 4.74 Å². The van der Waals surface area contributed by atoms with Gasteiger partial charge in [-0.2, -0.15) is 0 Å². The van der Waals surface area contributed by atoms with Gasteiger partial charge >= 0.3 is 0 Å². The first-order chi connectivity index (χ1) is 6.99. The van der Waals surface area contributed by atoms with Crippen LogP contribution in [-0.4, -0.2) is 11.9 Å². The minimum Gasteiger partial charge on any atom is -0.486 e. The summed E-state index contributed by atoms with van der Waals surface area (Å²) in [6.07, 6.45) is 2.52. The molecule has 1 aromatic carbocycles. The molecule has 0 aliphatic rings. The van der Waals surface area contributed by atoms with E-state index in [0.717, 1.165) is 0 Å². The van der Waals surface area contributed by atoms with Crippen LogP contribution in [0.15, 0.2) is 21.7 Å². The van der Waals surface area contributed by atoms with Gasteiger partial charge in [-0.3, -0.25) is 14.4 Å². The maximum absolute atomic E-state index is 11.4. The van der Waals surface area contributed by atoms with Gasteiger partial charge in [0.2, 0.25) is 5.43 Å². The number of rotatable bonds is 4. The summed E-state index contributed by atoms with van der Waals surface area (Å²) in [6.45, 7) is 5.11. The zero-order valence-electron chi connectivity index (χ0n) is 8.87. The molecular formula is C11H12O4. The van der Waals surface area contributed by atoms with Gasteiger partial charge in [-0.25, -0.2) is 0 Å². The molecule has 0 heterocycles. The van der Waals surface area contributed by atoms with E-state index in [1.54, 1.807) is 20.8 Å². The topological polar surface area (TPSA) is 60.4 Å². The predicted octanol–water partition coefficient (Wildman–Crippen LogP) is 0.829. The lowest BCUT2D eigenvalue weighted by Crippen LogP contribution is -2.39. The fraction of sp³-hybridized carbons (Fsp3) is 0.364. The van der Waals surface area contributed by atoms with Gasteiger partial charge in [0.15, 0.2) is 11.5 Å². The molecule has 1 rings (SSSR count). The van der Waals surface area contributed by atoms with Crippen LogP contribution in [0.5, 0.6) is 5.75 Å². The number of ketones is 1. The number of hydrogen-bond donors (Lipinski definition) is 0. The van der Waals surface area contributed by atoms with Gasteiger partial charge in [-0.15, -0.1) is 0 Å². The standard InChI is InChI=1S/C11H12O4/c1-4-5-7(12)8-9(13)10(14)11(8)15-6(2)3/h4-6H,1-3H3/b5-4+. The highest BCUT2D eigenvalue weighted by atomic mass is 16.5. The first kappa shape index (κ1) is 11.4. The fourth-order valence-electron chi connectivity index (χ4n) is 1.18. The normalized spacial score (nSPS) is 11.5. The van der Waals surface area contributed by atoms with Crippen LogP contribution in [0.25, 0.3) is 0 Å². The van der Waals surface area contributed by atoms with Crippen molar-refractivity contribution in [3.8, 4) is 5.75 Å². The van der Waals surface area contributed by atoms with Crippen LogP contribution >= 0.6 is 0 Å². The average Bonchev–Trinajstić information content (AvgIpc) is 2.16. The van der Waals surface area contributed by atoms with E-state index < -0.39 is 16.6 Å². The van der Waals surface area contributed by atoms with E-state index in [0.29, 0.717) is 0 Å². The van der Waals surface area contributed by atoms with Gasteiger partial charge in [-0.1, -0.05) is 6.08 Å². The Hall–Kier alpha value is -1.71. The first-order valence-electron chi connectivity index (χ1n) is 4.66. The SMILES string of the molecule is C/C=C/C(=O)c1c(OC(C)C)c(=O)c1=O. The fourth-order valence-corrected chi connectivity index (χ4v) is 1.18. The number of carbonyl (C=O) groups is 1. The summed E-state index contributed by atoms with van der Waals surface area (Å²) in [5, 5.41) is 0. The van der Waals surface area contributed by atoms with Gasteiger partial charge in [0, 0.05) is 0 Å². The van der Waals surface area contributed by atoms with Crippen molar-refractivity contribution in [2.75, 3.05) is 0 Å². The Morgan fingerprint density at radius 1 is 1.27 bits per heavy atom. The highest BCUT2D eigenvalue weighted by molar-refractivity contribution is 6.07. The highest BCUT2D eigenvalue weighted by Crippen LogP contribution is 2.14. The van der Waals surface area contributed by atoms with E-state index in [1.807, 2.05) is 0 Å². The molecule has 4 nitrogen and oxygen atoms in total. The van der Waals surface area contributed by atoms with Crippen LogP contribution in [-0.2, 0) is 0 Å². The molecule has 0 aliphatic heterocycles. The molecule has 0 N–H and O–H groups in total. The molecule has 0 atom stereocenters. The molecule has 0 unspecified atom stereocenters. The van der Waals surface area contributed by atoms with Gasteiger partial charge in [0.1, 0.15) is 5.56 Å². The lowest BCUT2D eigenvalue weighted by molar-refractivity contribution is 0.103. The van der Waals surface area contributed by atoms with Crippen LogP contribution in [0.3, 0.4) is 0 Å². The second kappa shape index (κ2) is 4.21. The molecule has 1 aromatic rings. The van der Waals surface area contributed by atoms with Crippen LogP contribution in [0.4, 0.5) is 0 Å². The monoisotopic (exact) mass is 208 g/mol. The summed E-state index contributed by atoms with van der Waals surface area (Å²) in [5.74, 6) is -0.573. The third kappa shape index (κ3) is 2.03. The maximum atomic E-state index is 11.4. The number of carbonyl (C=O) groups excluding carboxylic acids is 1. The van der Waals surface area contributed by atoms with Crippen molar-refractivity contribution in [2.45, 2.75) is 26.9 Å². The zero-order chi connectivity index (χ0) is 11.6. The summed E-state index contributed by atoms with van der Waals surface area (Å²) in [6, 6.07) is 0. The Morgan fingerprint density at radius 2 is 1.87 bits per heavy atom. The Labute approximate surface area is 86.9 Å². The summed E-state index contributed by atoms with van der Waals surface area (Å²) in [4.78, 5) is 33.6. The molecule has 0 amide bonds. The quantitative estimate of drug-likeness (QED) is 0.417. The van der Waals surface area contributed by atoms with Crippen molar-refractivity contribution in [3.63, 3.8) is 0 Å². The molecule has 4 heteroatoms. The second-order valence-corrected chi connectivity index (χ2v) is 3.39. The number of ether oxygens (including phenoxy) is 1. The van der Waals surface area contributed by atoms with E-state index in [4.69, 9.17) is 4.74 Å². The zero-order valence-corrected chi connectivity index (χ0v) is 8.87. The summed E-state index contributed by atoms with van der Waals surface area (Å²) >= 11 is 0. The first-order valence-corrected chi connectivity index (χ1v) is 4.66. The lowest BCUT2D eigenvalue weighted by Gasteiger charge is -2.12. The van der Waals surface area contributed by atoms with Crippen molar-refractivity contribution in [1.29, 1.82) is 0 Å². The number of allylic oxidation sites excluding steroid dienone is 2. The van der Waals surface area contributed by atoms with E-state index in [2.05, 4.69) is 0 Å². The average molecular weight is 208 g/mol. The minimum absolute atomic E-state index is 0.0990. The minimum atomic E-state index is -0.756. The van der Waals surface area contributed by atoms with Crippen LogP contribution in [0.2, 0.25) is 0 Å². The molecule has 0 bridgehead atoms. The molecule has 0 spiro atoms. The molecule has 0 saturated carbocycles. The molecule has 0 radical (unpaired) electrons. The largest absolute Gasteiger partial charge is 0.486 e. The van der Waals surface area contributed by atoms with E-state index in [9.17, 15) is 14.4 Å². The third-order valence-electron chi connectivity index (χ3n) is 1.78. The summed E-state index contributed by atoms with van der Waals surface area (Å²) in [5.41, 5.74) is -1.60. The Morgan fingerprint density at radius 3 is 2.33 bits per heavy atom. The van der Waals surface area contributed by atoms with Crippen LogP contribution in [0.1, 0.15) is 31.1 Å². The molecule has 0 aliphatic carbocycles. The van der Waals surface area contributed by atoms with Crippen LogP contribution in [0, 0.1) is 0 Å².